The van der Waals surface area contributed by atoms with Crippen LogP contribution in [0.25, 0.3) is 0 Å². The van der Waals surface area contributed by atoms with Gasteiger partial charge in [-0.2, -0.15) is 0 Å². The van der Waals surface area contributed by atoms with Gasteiger partial charge in [-0.15, -0.1) is 0 Å². The molecule has 3 aromatic rings. The maximum absolute atomic E-state index is 14.3. The number of pyridine rings is 2. The molecule has 8 nitrogen and oxygen atoms in total. The van der Waals surface area contributed by atoms with E-state index in [1.54, 1.807) is 12.1 Å². The number of benzene rings is 1. The van der Waals surface area contributed by atoms with Crippen molar-refractivity contribution < 1.29 is 18.7 Å². The Morgan fingerprint density at radius 3 is 2.80 bits per heavy atom. The molecule has 3 aliphatic rings. The van der Waals surface area contributed by atoms with Crippen molar-refractivity contribution in [3.63, 3.8) is 0 Å². The highest BCUT2D eigenvalue weighted by atomic mass is 35.5. The molecule has 3 N–H and O–H groups in total. The number of carbonyl (C=O) groups excluding carboxylic acids is 2. The van der Waals surface area contributed by atoms with Crippen LogP contribution in [0.3, 0.4) is 0 Å². The summed E-state index contributed by atoms with van der Waals surface area (Å²) >= 11 is 6.62. The molecule has 0 bridgehead atoms. The summed E-state index contributed by atoms with van der Waals surface area (Å²) in [6.45, 7) is 0.232. The van der Waals surface area contributed by atoms with Gasteiger partial charge < -0.3 is 15.8 Å². The fourth-order valence-electron chi connectivity index (χ4n) is 4.72. The van der Waals surface area contributed by atoms with Gasteiger partial charge in [-0.3, -0.25) is 14.7 Å². The second-order valence-electron chi connectivity index (χ2n) is 9.00. The number of nitrogens with zero attached hydrogens (tertiary/aromatic N) is 3. The number of anilines is 2. The van der Waals surface area contributed by atoms with E-state index in [0.29, 0.717) is 35.0 Å². The molecule has 1 unspecified atom stereocenters. The van der Waals surface area contributed by atoms with Crippen LogP contribution in [0.4, 0.5) is 20.6 Å². The highest BCUT2D eigenvalue weighted by Gasteiger charge is 2.36. The quantitative estimate of drug-likeness (QED) is 0.539. The van der Waals surface area contributed by atoms with Crippen molar-refractivity contribution in [3.05, 3.63) is 75.6 Å². The van der Waals surface area contributed by atoms with Crippen LogP contribution in [0.15, 0.2) is 36.5 Å². The van der Waals surface area contributed by atoms with Gasteiger partial charge in [0.05, 0.1) is 28.6 Å². The molecule has 0 spiro atoms. The number of primary amides is 1. The third-order valence-corrected chi connectivity index (χ3v) is 6.94. The van der Waals surface area contributed by atoms with Crippen molar-refractivity contribution in [1.82, 2.24) is 9.97 Å². The van der Waals surface area contributed by atoms with Gasteiger partial charge >= 0.3 is 6.03 Å². The SMILES string of the molecule is NC(=O)c1cc2c(c(C3CC3)n1)CN(c1cc3c(cc1Cl)CCC(c1ncccc1F)O3)C(=O)N2. The van der Waals surface area contributed by atoms with E-state index >= 15 is 0 Å². The molecule has 6 rings (SSSR count). The molecule has 35 heavy (non-hydrogen) atoms. The number of amides is 3. The lowest BCUT2D eigenvalue weighted by Crippen LogP contribution is -2.40. The predicted octanol–water partition coefficient (Wildman–Crippen LogP) is 4.86. The summed E-state index contributed by atoms with van der Waals surface area (Å²) in [4.78, 5) is 35.0. The number of halogens is 2. The van der Waals surface area contributed by atoms with Crippen molar-refractivity contribution in [2.24, 2.45) is 5.73 Å². The highest BCUT2D eigenvalue weighted by Crippen LogP contribution is 2.46. The van der Waals surface area contributed by atoms with Crippen molar-refractivity contribution in [2.45, 2.75) is 44.2 Å². The first-order valence-electron chi connectivity index (χ1n) is 11.4. The van der Waals surface area contributed by atoms with Crippen LogP contribution < -0.4 is 20.7 Å². The Labute approximate surface area is 205 Å². The number of hydrogen-bond donors (Lipinski definition) is 2. The van der Waals surface area contributed by atoms with Gasteiger partial charge in [0.1, 0.15) is 29.1 Å². The Morgan fingerprint density at radius 1 is 1.23 bits per heavy atom. The lowest BCUT2D eigenvalue weighted by atomic mass is 9.98. The minimum absolute atomic E-state index is 0.132. The molecule has 1 aromatic carbocycles. The number of hydrogen-bond acceptors (Lipinski definition) is 5. The Balaban J connectivity index is 1.36. The smallest absolute Gasteiger partial charge is 0.326 e. The fourth-order valence-corrected chi connectivity index (χ4v) is 5.01. The summed E-state index contributed by atoms with van der Waals surface area (Å²) in [6, 6.07) is 7.53. The van der Waals surface area contributed by atoms with Gasteiger partial charge in [0.25, 0.3) is 5.91 Å². The van der Waals surface area contributed by atoms with Crippen LogP contribution in [0.5, 0.6) is 5.75 Å². The first kappa shape index (κ1) is 21.8. The topological polar surface area (TPSA) is 110 Å². The molecule has 3 amide bonds. The second kappa shape index (κ2) is 8.20. The number of aromatic nitrogens is 2. The van der Waals surface area contributed by atoms with Gasteiger partial charge in [0.15, 0.2) is 0 Å². The van der Waals surface area contributed by atoms with E-state index in [2.05, 4.69) is 15.3 Å². The largest absolute Gasteiger partial charge is 0.484 e. The van der Waals surface area contributed by atoms with Crippen LogP contribution in [0.2, 0.25) is 5.02 Å². The van der Waals surface area contributed by atoms with Gasteiger partial charge in [-0.05, 0) is 55.5 Å². The lowest BCUT2D eigenvalue weighted by Gasteiger charge is -2.33. The minimum Gasteiger partial charge on any atom is -0.484 e. The number of rotatable bonds is 4. The third-order valence-electron chi connectivity index (χ3n) is 6.63. The standard InChI is InChI=1S/C25H21ClFN5O3/c26-15-8-13-5-6-20(23-16(27)2-1-7-29-23)35-21(13)10-19(15)32-11-14-17(31-25(32)34)9-18(24(28)33)30-22(14)12-3-4-12/h1-2,7-10,12,20H,3-6,11H2,(H2,28,33)(H,31,34). The molecule has 1 fully saturated rings. The number of fused-ring (bicyclic) bond motifs is 2. The molecule has 0 saturated heterocycles. The number of nitrogens with one attached hydrogen (secondary N) is 1. The van der Waals surface area contributed by atoms with E-state index in [0.717, 1.165) is 29.7 Å². The molecule has 0 radical (unpaired) electrons. The average Bonchev–Trinajstić information content (AvgIpc) is 3.68. The van der Waals surface area contributed by atoms with Gasteiger partial charge in [-0.25, -0.2) is 14.2 Å². The first-order valence-corrected chi connectivity index (χ1v) is 11.8. The Hall–Kier alpha value is -3.72. The predicted molar refractivity (Wildman–Crippen MR) is 127 cm³/mol. The Morgan fingerprint density at radius 2 is 2.06 bits per heavy atom. The molecule has 2 aromatic heterocycles. The third kappa shape index (κ3) is 3.85. The van der Waals surface area contributed by atoms with E-state index in [9.17, 15) is 14.0 Å². The summed E-state index contributed by atoms with van der Waals surface area (Å²) in [6.07, 6.45) is 4.13. The van der Waals surface area contributed by atoms with Gasteiger partial charge in [0.2, 0.25) is 0 Å². The molecule has 178 valence electrons. The zero-order chi connectivity index (χ0) is 24.3. The fraction of sp³-hybridized carbons (Fsp3) is 0.280. The van der Waals surface area contributed by atoms with Gasteiger partial charge in [0, 0.05) is 23.7 Å². The van der Waals surface area contributed by atoms with Crippen molar-refractivity contribution in [3.8, 4) is 5.75 Å². The molecular weight excluding hydrogens is 473 g/mol. The zero-order valence-electron chi connectivity index (χ0n) is 18.6. The number of urea groups is 1. The summed E-state index contributed by atoms with van der Waals surface area (Å²) in [5.41, 5.74) is 9.34. The highest BCUT2D eigenvalue weighted by molar-refractivity contribution is 6.34. The maximum Gasteiger partial charge on any atom is 0.326 e. The monoisotopic (exact) mass is 493 g/mol. The van der Waals surface area contributed by atoms with Crippen LogP contribution >= 0.6 is 11.6 Å². The van der Waals surface area contributed by atoms with E-state index < -0.39 is 23.9 Å². The molecule has 4 heterocycles. The van der Waals surface area contributed by atoms with Crippen molar-refractivity contribution in [2.75, 3.05) is 10.2 Å². The van der Waals surface area contributed by atoms with Gasteiger partial charge in [-0.1, -0.05) is 11.6 Å². The van der Waals surface area contributed by atoms with Crippen LogP contribution in [-0.4, -0.2) is 21.9 Å². The van der Waals surface area contributed by atoms with E-state index in [1.807, 2.05) is 0 Å². The molecule has 1 aliphatic carbocycles. The van der Waals surface area contributed by atoms with Crippen LogP contribution in [-0.2, 0) is 13.0 Å². The summed E-state index contributed by atoms with van der Waals surface area (Å²) in [7, 11) is 0. The maximum atomic E-state index is 14.3. The molecule has 1 atom stereocenters. The average molecular weight is 494 g/mol. The second-order valence-corrected chi connectivity index (χ2v) is 9.41. The first-order chi connectivity index (χ1) is 16.9. The molecule has 10 heteroatoms. The normalized spacial score (nSPS) is 18.9. The van der Waals surface area contributed by atoms with Crippen molar-refractivity contribution >= 4 is 34.9 Å². The van der Waals surface area contributed by atoms with Crippen molar-refractivity contribution in [1.29, 1.82) is 0 Å². The van der Waals surface area contributed by atoms with Crippen LogP contribution in [0, 0.1) is 5.82 Å². The molecule has 2 aliphatic heterocycles. The van der Waals surface area contributed by atoms with E-state index in [4.69, 9.17) is 22.1 Å². The van der Waals surface area contributed by atoms with E-state index in [1.165, 1.54) is 29.3 Å². The Kier molecular flexibility index (Phi) is 5.10. The summed E-state index contributed by atoms with van der Waals surface area (Å²) in [5, 5.41) is 3.26. The number of carbonyl (C=O) groups is 2. The Bertz CT molecular complexity index is 1390. The summed E-state index contributed by atoms with van der Waals surface area (Å²) in [5.74, 6) is -0.289. The molecular formula is C25H21ClFN5O3. The molecule has 1 saturated carbocycles. The number of aryl methyl sites for hydroxylation is 1. The van der Waals surface area contributed by atoms with E-state index in [-0.39, 0.29) is 23.9 Å². The zero-order valence-corrected chi connectivity index (χ0v) is 19.3. The number of nitrogens with two attached hydrogens (primary N) is 1. The lowest BCUT2D eigenvalue weighted by molar-refractivity contribution is 0.0995. The number of ether oxygens (including phenoxy) is 1. The van der Waals surface area contributed by atoms with Crippen LogP contribution in [0.1, 0.15) is 64.3 Å². The minimum atomic E-state index is -0.639. The summed E-state index contributed by atoms with van der Waals surface area (Å²) < 4.78 is 20.4.